The minimum Gasteiger partial charge on any atom is -0.494 e. The summed E-state index contributed by atoms with van der Waals surface area (Å²) in [7, 11) is 0. The van der Waals surface area contributed by atoms with Crippen LogP contribution in [0.1, 0.15) is 32.1 Å². The Kier molecular flexibility index (Phi) is 5.87. The van der Waals surface area contributed by atoms with Crippen LogP contribution in [0.2, 0.25) is 0 Å². The predicted octanol–water partition coefficient (Wildman–Crippen LogP) is 2.69. The molecule has 110 valence electrons. The highest BCUT2D eigenvalue weighted by Crippen LogP contribution is 2.24. The predicted molar refractivity (Wildman–Crippen MR) is 77.9 cm³/mol. The summed E-state index contributed by atoms with van der Waals surface area (Å²) >= 11 is 0. The fourth-order valence-electron chi connectivity index (χ4n) is 2.63. The molecule has 0 atom stereocenters. The van der Waals surface area contributed by atoms with Crippen LogP contribution in [0.15, 0.2) is 30.3 Å². The van der Waals surface area contributed by atoms with Crippen LogP contribution in [-0.2, 0) is 4.79 Å². The number of nitrogens with one attached hydrogen (secondary N) is 1. The smallest absolute Gasteiger partial charge is 0.306 e. The number of hydrogen-bond acceptors (Lipinski definition) is 3. The lowest BCUT2D eigenvalue weighted by Crippen LogP contribution is -2.35. The molecule has 1 aromatic carbocycles. The van der Waals surface area contributed by atoms with Gasteiger partial charge in [-0.3, -0.25) is 4.79 Å². The third-order valence-electron chi connectivity index (χ3n) is 3.84. The van der Waals surface area contributed by atoms with Crippen LogP contribution in [0.4, 0.5) is 0 Å². The van der Waals surface area contributed by atoms with E-state index >= 15 is 0 Å². The summed E-state index contributed by atoms with van der Waals surface area (Å²) in [6, 6.07) is 10.3. The summed E-state index contributed by atoms with van der Waals surface area (Å²) in [6.45, 7) is 1.64. The molecule has 2 N–H and O–H groups in total. The second-order valence-electron chi connectivity index (χ2n) is 5.36. The topological polar surface area (TPSA) is 58.6 Å². The van der Waals surface area contributed by atoms with Gasteiger partial charge in [0.15, 0.2) is 0 Å². The molecule has 1 saturated carbocycles. The monoisotopic (exact) mass is 277 g/mol. The molecule has 0 heterocycles. The van der Waals surface area contributed by atoms with E-state index in [9.17, 15) is 4.79 Å². The molecule has 0 saturated heterocycles. The minimum atomic E-state index is -0.639. The van der Waals surface area contributed by atoms with E-state index in [-0.39, 0.29) is 5.92 Å². The maximum atomic E-state index is 10.9. The molecule has 0 amide bonds. The van der Waals surface area contributed by atoms with Crippen molar-refractivity contribution in [2.24, 2.45) is 5.92 Å². The number of aliphatic carboxylic acids is 1. The first-order valence-corrected chi connectivity index (χ1v) is 7.40. The molecular formula is C16H23NO3. The van der Waals surface area contributed by atoms with E-state index in [2.05, 4.69) is 5.32 Å². The summed E-state index contributed by atoms with van der Waals surface area (Å²) < 4.78 is 5.63. The van der Waals surface area contributed by atoms with Gasteiger partial charge >= 0.3 is 5.97 Å². The zero-order valence-corrected chi connectivity index (χ0v) is 11.8. The van der Waals surface area contributed by atoms with Crippen LogP contribution < -0.4 is 10.1 Å². The van der Waals surface area contributed by atoms with Crippen LogP contribution in [0.3, 0.4) is 0 Å². The Morgan fingerprint density at radius 3 is 2.55 bits per heavy atom. The van der Waals surface area contributed by atoms with Crippen LogP contribution in [0.25, 0.3) is 0 Å². The standard InChI is InChI=1S/C16H23NO3/c18-16(19)13-7-9-14(10-8-13)17-11-4-12-20-15-5-2-1-3-6-15/h1-3,5-6,13-14,17H,4,7-12H2,(H,18,19). The summed E-state index contributed by atoms with van der Waals surface area (Å²) in [5, 5.41) is 12.4. The molecule has 0 radical (unpaired) electrons. The lowest BCUT2D eigenvalue weighted by Gasteiger charge is -2.26. The van der Waals surface area contributed by atoms with Crippen molar-refractivity contribution in [1.82, 2.24) is 5.32 Å². The van der Waals surface area contributed by atoms with Gasteiger partial charge in [-0.15, -0.1) is 0 Å². The van der Waals surface area contributed by atoms with E-state index < -0.39 is 5.97 Å². The summed E-state index contributed by atoms with van der Waals surface area (Å²) in [6.07, 6.45) is 4.50. The van der Waals surface area contributed by atoms with Gasteiger partial charge in [-0.2, -0.15) is 0 Å². The highest BCUT2D eigenvalue weighted by molar-refractivity contribution is 5.70. The Bertz CT molecular complexity index is 399. The Morgan fingerprint density at radius 2 is 1.90 bits per heavy atom. The molecule has 0 unspecified atom stereocenters. The van der Waals surface area contributed by atoms with E-state index in [0.29, 0.717) is 12.6 Å². The molecule has 0 aliphatic heterocycles. The van der Waals surface area contributed by atoms with Crippen molar-refractivity contribution in [3.8, 4) is 5.75 Å². The highest BCUT2D eigenvalue weighted by atomic mass is 16.5. The number of hydrogen-bond donors (Lipinski definition) is 2. The second kappa shape index (κ2) is 7.90. The number of carboxylic acids is 1. The maximum absolute atomic E-state index is 10.9. The molecule has 0 spiro atoms. The van der Waals surface area contributed by atoms with Crippen LogP contribution in [-0.4, -0.2) is 30.3 Å². The average Bonchev–Trinajstić information content (AvgIpc) is 2.48. The fraction of sp³-hybridized carbons (Fsp3) is 0.562. The van der Waals surface area contributed by atoms with Gasteiger partial charge in [0.2, 0.25) is 0 Å². The maximum Gasteiger partial charge on any atom is 0.306 e. The van der Waals surface area contributed by atoms with Gasteiger partial charge in [0.1, 0.15) is 5.75 Å². The number of carbonyl (C=O) groups is 1. The first kappa shape index (κ1) is 14.9. The molecule has 4 nitrogen and oxygen atoms in total. The van der Waals surface area contributed by atoms with Gasteiger partial charge in [0.05, 0.1) is 12.5 Å². The van der Waals surface area contributed by atoms with Crippen LogP contribution >= 0.6 is 0 Å². The lowest BCUT2D eigenvalue weighted by molar-refractivity contribution is -0.142. The quantitative estimate of drug-likeness (QED) is 0.752. The zero-order valence-electron chi connectivity index (χ0n) is 11.8. The fourth-order valence-corrected chi connectivity index (χ4v) is 2.63. The molecule has 0 aromatic heterocycles. The Morgan fingerprint density at radius 1 is 1.20 bits per heavy atom. The first-order valence-electron chi connectivity index (χ1n) is 7.40. The number of carboxylic acid groups (broad SMARTS) is 1. The summed E-state index contributed by atoms with van der Waals surface area (Å²) in [5.74, 6) is 0.142. The number of ether oxygens (including phenoxy) is 1. The van der Waals surface area contributed by atoms with Crippen LogP contribution in [0, 0.1) is 5.92 Å². The molecule has 1 fully saturated rings. The zero-order chi connectivity index (χ0) is 14.2. The molecule has 0 bridgehead atoms. The van der Waals surface area contributed by atoms with E-state index in [1.54, 1.807) is 0 Å². The molecule has 1 aliphatic carbocycles. The van der Waals surface area contributed by atoms with Crippen molar-refractivity contribution in [1.29, 1.82) is 0 Å². The van der Waals surface area contributed by atoms with Crippen molar-refractivity contribution in [2.45, 2.75) is 38.1 Å². The average molecular weight is 277 g/mol. The molecule has 4 heteroatoms. The largest absolute Gasteiger partial charge is 0.494 e. The number of benzene rings is 1. The van der Waals surface area contributed by atoms with Gasteiger partial charge in [-0.1, -0.05) is 18.2 Å². The van der Waals surface area contributed by atoms with Crippen molar-refractivity contribution < 1.29 is 14.6 Å². The van der Waals surface area contributed by atoms with Crippen LogP contribution in [0.5, 0.6) is 5.75 Å². The van der Waals surface area contributed by atoms with E-state index in [1.807, 2.05) is 30.3 Å². The van der Waals surface area contributed by atoms with Gasteiger partial charge in [-0.25, -0.2) is 0 Å². The summed E-state index contributed by atoms with van der Waals surface area (Å²) in [5.41, 5.74) is 0. The third-order valence-corrected chi connectivity index (χ3v) is 3.84. The van der Waals surface area contributed by atoms with Crippen molar-refractivity contribution in [3.05, 3.63) is 30.3 Å². The SMILES string of the molecule is O=C(O)C1CCC(NCCCOc2ccccc2)CC1. The molecule has 1 aliphatic rings. The normalized spacial score (nSPS) is 22.4. The first-order chi connectivity index (χ1) is 9.75. The van der Waals surface area contributed by atoms with Gasteiger partial charge in [0.25, 0.3) is 0 Å². The highest BCUT2D eigenvalue weighted by Gasteiger charge is 2.25. The van der Waals surface area contributed by atoms with Gasteiger partial charge in [-0.05, 0) is 50.8 Å². The summed E-state index contributed by atoms with van der Waals surface area (Å²) in [4.78, 5) is 10.9. The molecule has 2 rings (SSSR count). The minimum absolute atomic E-state index is 0.130. The molecule has 20 heavy (non-hydrogen) atoms. The van der Waals surface area contributed by atoms with Gasteiger partial charge in [0, 0.05) is 6.04 Å². The Balaban J connectivity index is 1.53. The number of rotatable bonds is 7. The molecular weight excluding hydrogens is 254 g/mol. The van der Waals surface area contributed by atoms with Crippen molar-refractivity contribution >= 4 is 5.97 Å². The number of para-hydroxylation sites is 1. The van der Waals surface area contributed by atoms with Crippen molar-refractivity contribution in [3.63, 3.8) is 0 Å². The van der Waals surface area contributed by atoms with Crippen molar-refractivity contribution in [2.75, 3.05) is 13.2 Å². The van der Waals surface area contributed by atoms with Gasteiger partial charge < -0.3 is 15.2 Å². The Hall–Kier alpha value is -1.55. The van der Waals surface area contributed by atoms with E-state index in [0.717, 1.165) is 44.4 Å². The Labute approximate surface area is 120 Å². The molecule has 1 aromatic rings. The second-order valence-corrected chi connectivity index (χ2v) is 5.36. The van der Waals surface area contributed by atoms with E-state index in [4.69, 9.17) is 9.84 Å². The van der Waals surface area contributed by atoms with E-state index in [1.165, 1.54) is 0 Å². The third kappa shape index (κ3) is 4.85. The lowest BCUT2D eigenvalue weighted by atomic mass is 9.86.